The molecule has 2 aromatic rings. The van der Waals surface area contributed by atoms with Gasteiger partial charge >= 0.3 is 0 Å². The SMILES string of the molecule is CCn1c(C)nnc1CN[C@H](C)c1cc(F)c(Cl)cc1Cl. The van der Waals surface area contributed by atoms with Crippen LogP contribution < -0.4 is 5.32 Å². The number of rotatable bonds is 5. The minimum Gasteiger partial charge on any atom is -0.314 e. The van der Waals surface area contributed by atoms with E-state index in [-0.39, 0.29) is 11.1 Å². The Kier molecular flexibility index (Phi) is 5.19. The third-order valence-electron chi connectivity index (χ3n) is 3.40. The van der Waals surface area contributed by atoms with Gasteiger partial charge in [-0.15, -0.1) is 10.2 Å². The Hall–Kier alpha value is -1.17. The summed E-state index contributed by atoms with van der Waals surface area (Å²) < 4.78 is 15.6. The van der Waals surface area contributed by atoms with Crippen LogP contribution in [0.15, 0.2) is 12.1 Å². The fraction of sp³-hybridized carbons (Fsp3) is 0.429. The van der Waals surface area contributed by atoms with Crippen LogP contribution in [-0.4, -0.2) is 14.8 Å². The molecule has 0 spiro atoms. The van der Waals surface area contributed by atoms with Crippen molar-refractivity contribution in [3.63, 3.8) is 0 Å². The van der Waals surface area contributed by atoms with Gasteiger partial charge in [0.15, 0.2) is 0 Å². The zero-order valence-electron chi connectivity index (χ0n) is 12.1. The number of halogens is 3. The first-order valence-electron chi connectivity index (χ1n) is 6.70. The van der Waals surface area contributed by atoms with E-state index in [0.29, 0.717) is 17.1 Å². The van der Waals surface area contributed by atoms with E-state index in [4.69, 9.17) is 23.2 Å². The summed E-state index contributed by atoms with van der Waals surface area (Å²) in [5, 5.41) is 11.9. The summed E-state index contributed by atoms with van der Waals surface area (Å²) in [5.41, 5.74) is 0.665. The molecule has 0 bridgehead atoms. The summed E-state index contributed by atoms with van der Waals surface area (Å²) in [6, 6.07) is 2.65. The van der Waals surface area contributed by atoms with E-state index < -0.39 is 5.82 Å². The Labute approximate surface area is 133 Å². The first kappa shape index (κ1) is 16.2. The Morgan fingerprint density at radius 2 is 2.00 bits per heavy atom. The quantitative estimate of drug-likeness (QED) is 0.845. The van der Waals surface area contributed by atoms with E-state index in [9.17, 15) is 4.39 Å². The first-order chi connectivity index (χ1) is 9.93. The van der Waals surface area contributed by atoms with E-state index in [0.717, 1.165) is 18.2 Å². The van der Waals surface area contributed by atoms with Gasteiger partial charge < -0.3 is 9.88 Å². The first-order valence-corrected chi connectivity index (χ1v) is 7.46. The van der Waals surface area contributed by atoms with E-state index in [2.05, 4.69) is 15.5 Å². The summed E-state index contributed by atoms with van der Waals surface area (Å²) >= 11 is 11.8. The maximum absolute atomic E-state index is 13.6. The van der Waals surface area contributed by atoms with Crippen molar-refractivity contribution in [1.29, 1.82) is 0 Å². The van der Waals surface area contributed by atoms with Gasteiger partial charge in [-0.1, -0.05) is 23.2 Å². The monoisotopic (exact) mass is 330 g/mol. The van der Waals surface area contributed by atoms with Crippen LogP contribution in [0.4, 0.5) is 4.39 Å². The Balaban J connectivity index is 2.11. The van der Waals surface area contributed by atoms with Crippen LogP contribution in [0.2, 0.25) is 10.0 Å². The highest BCUT2D eigenvalue weighted by Crippen LogP contribution is 2.28. The lowest BCUT2D eigenvalue weighted by molar-refractivity contribution is 0.533. The van der Waals surface area contributed by atoms with Crippen LogP contribution in [-0.2, 0) is 13.1 Å². The lowest BCUT2D eigenvalue weighted by Crippen LogP contribution is -2.21. The molecule has 0 amide bonds. The van der Waals surface area contributed by atoms with Gasteiger partial charge in [0, 0.05) is 17.6 Å². The van der Waals surface area contributed by atoms with Crippen molar-refractivity contribution >= 4 is 23.2 Å². The van der Waals surface area contributed by atoms with Crippen molar-refractivity contribution in [3.8, 4) is 0 Å². The molecule has 1 atom stereocenters. The molecule has 0 aliphatic carbocycles. The van der Waals surface area contributed by atoms with Gasteiger partial charge in [0.2, 0.25) is 0 Å². The summed E-state index contributed by atoms with van der Waals surface area (Å²) in [5.74, 6) is 1.24. The highest BCUT2D eigenvalue weighted by atomic mass is 35.5. The second-order valence-corrected chi connectivity index (χ2v) is 5.61. The number of nitrogens with zero attached hydrogens (tertiary/aromatic N) is 3. The molecule has 4 nitrogen and oxygen atoms in total. The molecule has 114 valence electrons. The van der Waals surface area contributed by atoms with E-state index in [1.807, 2.05) is 25.3 Å². The van der Waals surface area contributed by atoms with E-state index in [1.165, 1.54) is 12.1 Å². The molecule has 0 aliphatic rings. The molecule has 1 aromatic heterocycles. The predicted molar refractivity (Wildman–Crippen MR) is 82.1 cm³/mol. The van der Waals surface area contributed by atoms with Crippen molar-refractivity contribution in [3.05, 3.63) is 45.2 Å². The van der Waals surface area contributed by atoms with Crippen molar-refractivity contribution in [2.75, 3.05) is 0 Å². The molecule has 0 saturated heterocycles. The third kappa shape index (κ3) is 3.54. The summed E-state index contributed by atoms with van der Waals surface area (Å²) in [4.78, 5) is 0. The minimum atomic E-state index is -0.475. The van der Waals surface area contributed by atoms with Crippen LogP contribution in [0.3, 0.4) is 0 Å². The molecule has 0 saturated carbocycles. The molecular formula is C14H17Cl2FN4. The van der Waals surface area contributed by atoms with Crippen LogP contribution in [0.5, 0.6) is 0 Å². The second kappa shape index (κ2) is 6.73. The third-order valence-corrected chi connectivity index (χ3v) is 4.02. The zero-order chi connectivity index (χ0) is 15.6. The standard InChI is InChI=1S/C14H17Cl2FN4/c1-4-21-9(3)19-20-14(21)7-18-8(2)10-5-13(17)12(16)6-11(10)15/h5-6,8,18H,4,7H2,1-3H3/t8-/m1/s1. The lowest BCUT2D eigenvalue weighted by Gasteiger charge is -2.16. The van der Waals surface area contributed by atoms with Crippen molar-refractivity contribution in [1.82, 2.24) is 20.1 Å². The highest BCUT2D eigenvalue weighted by molar-refractivity contribution is 6.35. The molecular weight excluding hydrogens is 314 g/mol. The van der Waals surface area contributed by atoms with Gasteiger partial charge in [-0.05, 0) is 38.5 Å². The number of hydrogen-bond donors (Lipinski definition) is 1. The average molecular weight is 331 g/mol. The Bertz CT molecular complexity index is 642. The van der Waals surface area contributed by atoms with Gasteiger partial charge in [0.1, 0.15) is 17.5 Å². The molecule has 2 rings (SSSR count). The van der Waals surface area contributed by atoms with Gasteiger partial charge in [-0.25, -0.2) is 4.39 Å². The zero-order valence-corrected chi connectivity index (χ0v) is 13.6. The molecule has 0 radical (unpaired) electrons. The van der Waals surface area contributed by atoms with Crippen LogP contribution in [0, 0.1) is 12.7 Å². The molecule has 1 heterocycles. The molecule has 0 aliphatic heterocycles. The fourth-order valence-corrected chi connectivity index (χ4v) is 2.74. The van der Waals surface area contributed by atoms with Gasteiger partial charge in [-0.3, -0.25) is 0 Å². The molecule has 21 heavy (non-hydrogen) atoms. The second-order valence-electron chi connectivity index (χ2n) is 4.80. The summed E-state index contributed by atoms with van der Waals surface area (Å²) in [6.07, 6.45) is 0. The number of benzene rings is 1. The minimum absolute atomic E-state index is 0.0253. The van der Waals surface area contributed by atoms with Crippen molar-refractivity contribution in [2.45, 2.75) is 39.9 Å². The van der Waals surface area contributed by atoms with Crippen LogP contribution in [0.25, 0.3) is 0 Å². The topological polar surface area (TPSA) is 42.7 Å². The Morgan fingerprint density at radius 3 is 2.67 bits per heavy atom. The molecule has 0 unspecified atom stereocenters. The summed E-state index contributed by atoms with van der Waals surface area (Å²) in [7, 11) is 0. The van der Waals surface area contributed by atoms with Gasteiger partial charge in [-0.2, -0.15) is 0 Å². The fourth-order valence-electron chi connectivity index (χ4n) is 2.19. The predicted octanol–water partition coefficient (Wildman–Crippen LogP) is 3.90. The summed E-state index contributed by atoms with van der Waals surface area (Å²) in [6.45, 7) is 7.19. The van der Waals surface area contributed by atoms with Gasteiger partial charge in [0.25, 0.3) is 0 Å². The largest absolute Gasteiger partial charge is 0.314 e. The molecule has 1 N–H and O–H groups in total. The van der Waals surface area contributed by atoms with E-state index in [1.54, 1.807) is 0 Å². The highest BCUT2D eigenvalue weighted by Gasteiger charge is 2.14. The maximum Gasteiger partial charge on any atom is 0.147 e. The number of aryl methyl sites for hydroxylation is 1. The van der Waals surface area contributed by atoms with Gasteiger partial charge in [0.05, 0.1) is 11.6 Å². The van der Waals surface area contributed by atoms with Crippen LogP contribution >= 0.6 is 23.2 Å². The molecule has 1 aromatic carbocycles. The maximum atomic E-state index is 13.6. The normalized spacial score (nSPS) is 12.7. The smallest absolute Gasteiger partial charge is 0.147 e. The molecule has 7 heteroatoms. The average Bonchev–Trinajstić information content (AvgIpc) is 2.80. The van der Waals surface area contributed by atoms with Crippen molar-refractivity contribution in [2.24, 2.45) is 0 Å². The van der Waals surface area contributed by atoms with Crippen molar-refractivity contribution < 1.29 is 4.39 Å². The lowest BCUT2D eigenvalue weighted by atomic mass is 10.1. The Morgan fingerprint density at radius 1 is 1.29 bits per heavy atom. The molecule has 0 fully saturated rings. The van der Waals surface area contributed by atoms with E-state index >= 15 is 0 Å². The number of aromatic nitrogens is 3. The number of hydrogen-bond acceptors (Lipinski definition) is 3. The number of nitrogens with one attached hydrogen (secondary N) is 1. The van der Waals surface area contributed by atoms with Crippen LogP contribution in [0.1, 0.15) is 37.1 Å².